The highest BCUT2D eigenvalue weighted by molar-refractivity contribution is 6.48. The smallest absolute Gasteiger partial charge is 0.356 e. The minimum atomic E-state index is -1.77. The van der Waals surface area contributed by atoms with Crippen LogP contribution in [0.4, 0.5) is 0 Å². The summed E-state index contributed by atoms with van der Waals surface area (Å²) in [6.45, 7) is 4.08. The van der Waals surface area contributed by atoms with Crippen LogP contribution >= 0.6 is 0 Å². The van der Waals surface area contributed by atoms with E-state index >= 15 is 0 Å². The average Bonchev–Trinajstić information content (AvgIpc) is 2.21. The summed E-state index contributed by atoms with van der Waals surface area (Å²) in [6, 6.07) is 0. The Balaban J connectivity index is 2.67. The van der Waals surface area contributed by atoms with Crippen LogP contribution in [0.2, 0.25) is 0 Å². The quantitative estimate of drug-likeness (QED) is 0.637. The number of rotatable bonds is 5. The molecule has 1 rings (SSSR count). The van der Waals surface area contributed by atoms with Crippen LogP contribution in [0.15, 0.2) is 0 Å². The molecule has 1 unspecified atom stereocenters. The molecule has 5 heteroatoms. The molecule has 0 aromatic carbocycles. The van der Waals surface area contributed by atoms with Gasteiger partial charge < -0.3 is 18.3 Å². The fraction of sp³-hybridized carbons (Fsp3) is 1.00. The van der Waals surface area contributed by atoms with Gasteiger partial charge in [-0.1, -0.05) is 13.3 Å². The average molecular weight is 220 g/mol. The van der Waals surface area contributed by atoms with Crippen molar-refractivity contribution in [3.8, 4) is 0 Å². The molecule has 0 spiro atoms. The molecule has 84 valence electrons. The van der Waals surface area contributed by atoms with Gasteiger partial charge in [-0.05, 0) is 6.42 Å². The molecule has 1 saturated heterocycles. The lowest BCUT2D eigenvalue weighted by Crippen LogP contribution is -2.57. The van der Waals surface area contributed by atoms with E-state index in [9.17, 15) is 0 Å². The first-order valence-corrected chi connectivity index (χ1v) is 6.58. The van der Waals surface area contributed by atoms with E-state index in [-0.39, 0.29) is 5.22 Å². The van der Waals surface area contributed by atoms with Crippen molar-refractivity contribution in [2.24, 2.45) is 0 Å². The second-order valence-corrected chi connectivity index (χ2v) is 6.18. The van der Waals surface area contributed by atoms with E-state index in [0.717, 1.165) is 12.8 Å². The van der Waals surface area contributed by atoms with Crippen LogP contribution in [-0.4, -0.2) is 48.5 Å². The fourth-order valence-corrected chi connectivity index (χ4v) is 4.02. The zero-order valence-electron chi connectivity index (χ0n) is 9.25. The molecule has 0 amide bonds. The fourth-order valence-electron chi connectivity index (χ4n) is 1.94. The zero-order valence-corrected chi connectivity index (χ0v) is 10.4. The third kappa shape index (κ3) is 2.55. The molecule has 0 aromatic rings. The van der Waals surface area contributed by atoms with E-state index in [2.05, 4.69) is 6.92 Å². The van der Waals surface area contributed by atoms with Crippen LogP contribution in [-0.2, 0) is 18.3 Å². The zero-order chi connectivity index (χ0) is 10.4. The first-order chi connectivity index (χ1) is 6.79. The maximum atomic E-state index is 5.84. The molecule has 1 aliphatic heterocycles. The van der Waals surface area contributed by atoms with Gasteiger partial charge in [-0.2, -0.15) is 0 Å². The Morgan fingerprint density at radius 1 is 1.29 bits per heavy atom. The molecular weight excluding hydrogens is 200 g/mol. The first kappa shape index (κ1) is 12.1. The van der Waals surface area contributed by atoms with Crippen molar-refractivity contribution in [1.82, 2.24) is 0 Å². The van der Waals surface area contributed by atoms with Gasteiger partial charge in [0.2, 0.25) is 0 Å². The Bertz CT molecular complexity index is 149. The minimum Gasteiger partial charge on any atom is -0.398 e. The van der Waals surface area contributed by atoms with Crippen molar-refractivity contribution >= 4 is 9.28 Å². The number of hydrogen-bond donors (Lipinski definition) is 0. The highest BCUT2D eigenvalue weighted by atomic mass is 28.3. The van der Waals surface area contributed by atoms with Crippen molar-refractivity contribution in [3.63, 3.8) is 0 Å². The molecule has 0 aromatic heterocycles. The van der Waals surface area contributed by atoms with Crippen molar-refractivity contribution in [1.29, 1.82) is 0 Å². The normalized spacial score (nSPS) is 28.3. The predicted octanol–water partition coefficient (Wildman–Crippen LogP) is 0.625. The van der Waals surface area contributed by atoms with Crippen LogP contribution in [0.3, 0.4) is 0 Å². The SMILES string of the molecule is CCCC1([SiH](OC)OC)COCCO1. The molecule has 0 aliphatic carbocycles. The van der Waals surface area contributed by atoms with Crippen LogP contribution < -0.4 is 0 Å². The molecule has 1 fully saturated rings. The summed E-state index contributed by atoms with van der Waals surface area (Å²) in [4.78, 5) is 0. The highest BCUT2D eigenvalue weighted by Crippen LogP contribution is 2.25. The van der Waals surface area contributed by atoms with Gasteiger partial charge in [0.05, 0.1) is 19.8 Å². The second kappa shape index (κ2) is 5.82. The van der Waals surface area contributed by atoms with Gasteiger partial charge in [0, 0.05) is 14.2 Å². The molecule has 0 bridgehead atoms. The lowest BCUT2D eigenvalue weighted by molar-refractivity contribution is -0.133. The summed E-state index contributed by atoms with van der Waals surface area (Å²) in [7, 11) is 1.61. The van der Waals surface area contributed by atoms with Crippen molar-refractivity contribution in [3.05, 3.63) is 0 Å². The van der Waals surface area contributed by atoms with Crippen molar-refractivity contribution < 1.29 is 18.3 Å². The maximum absolute atomic E-state index is 5.84. The van der Waals surface area contributed by atoms with E-state index in [1.54, 1.807) is 14.2 Å². The lowest BCUT2D eigenvalue weighted by atomic mass is 10.2. The van der Waals surface area contributed by atoms with Gasteiger partial charge in [-0.15, -0.1) is 0 Å². The van der Waals surface area contributed by atoms with Gasteiger partial charge in [0.25, 0.3) is 0 Å². The van der Waals surface area contributed by atoms with Crippen LogP contribution in [0.5, 0.6) is 0 Å². The Morgan fingerprint density at radius 2 is 2.00 bits per heavy atom. The van der Waals surface area contributed by atoms with Gasteiger partial charge in [0.1, 0.15) is 5.22 Å². The predicted molar refractivity (Wildman–Crippen MR) is 55.6 cm³/mol. The Kier molecular flexibility index (Phi) is 5.04. The van der Waals surface area contributed by atoms with E-state index in [1.165, 1.54) is 0 Å². The van der Waals surface area contributed by atoms with Crippen molar-refractivity contribution in [2.45, 2.75) is 25.0 Å². The summed E-state index contributed by atoms with van der Waals surface area (Å²) in [5.41, 5.74) is 0. The molecule has 4 nitrogen and oxygen atoms in total. The second-order valence-electron chi connectivity index (χ2n) is 3.52. The van der Waals surface area contributed by atoms with Gasteiger partial charge >= 0.3 is 9.28 Å². The molecule has 14 heavy (non-hydrogen) atoms. The van der Waals surface area contributed by atoms with E-state index in [0.29, 0.717) is 19.8 Å². The van der Waals surface area contributed by atoms with Gasteiger partial charge in [0.15, 0.2) is 0 Å². The summed E-state index contributed by atoms with van der Waals surface area (Å²) < 4.78 is 22.1. The summed E-state index contributed by atoms with van der Waals surface area (Å²) in [5, 5.41) is -0.281. The van der Waals surface area contributed by atoms with E-state index < -0.39 is 9.28 Å². The maximum Gasteiger partial charge on any atom is 0.356 e. The van der Waals surface area contributed by atoms with E-state index in [4.69, 9.17) is 18.3 Å². The number of ether oxygens (including phenoxy) is 2. The largest absolute Gasteiger partial charge is 0.398 e. The summed E-state index contributed by atoms with van der Waals surface area (Å²) in [6.07, 6.45) is 2.01. The molecule has 1 aliphatic rings. The molecule has 1 atom stereocenters. The topological polar surface area (TPSA) is 36.9 Å². The Morgan fingerprint density at radius 3 is 2.43 bits per heavy atom. The standard InChI is InChI=1S/C9H20O4Si/c1-4-5-9(14(10-2)11-3)8-12-6-7-13-9/h14H,4-8H2,1-3H3. The van der Waals surface area contributed by atoms with Crippen LogP contribution in [0.1, 0.15) is 19.8 Å². The van der Waals surface area contributed by atoms with Gasteiger partial charge in [-0.3, -0.25) is 0 Å². The van der Waals surface area contributed by atoms with Crippen molar-refractivity contribution in [2.75, 3.05) is 34.0 Å². The van der Waals surface area contributed by atoms with Crippen LogP contribution in [0, 0.1) is 0 Å². The summed E-state index contributed by atoms with van der Waals surface area (Å²) >= 11 is 0. The lowest BCUT2D eigenvalue weighted by Gasteiger charge is -2.39. The third-order valence-corrected chi connectivity index (χ3v) is 4.83. The third-order valence-electron chi connectivity index (χ3n) is 2.49. The molecular formula is C9H20O4Si. The molecule has 0 saturated carbocycles. The highest BCUT2D eigenvalue weighted by Gasteiger charge is 2.44. The number of hydrogen-bond acceptors (Lipinski definition) is 4. The minimum absolute atomic E-state index is 0.281. The monoisotopic (exact) mass is 220 g/mol. The molecule has 0 radical (unpaired) electrons. The first-order valence-electron chi connectivity index (χ1n) is 5.06. The molecule has 1 heterocycles. The summed E-state index contributed by atoms with van der Waals surface area (Å²) in [5.74, 6) is 0. The van der Waals surface area contributed by atoms with Crippen LogP contribution in [0.25, 0.3) is 0 Å². The Hall–Kier alpha value is 0.0569. The molecule has 0 N–H and O–H groups in total. The Labute approximate surface area is 87.3 Å². The van der Waals surface area contributed by atoms with E-state index in [1.807, 2.05) is 0 Å². The van der Waals surface area contributed by atoms with Gasteiger partial charge in [-0.25, -0.2) is 0 Å².